The Labute approximate surface area is 162 Å². The number of hydrogen-bond acceptors (Lipinski definition) is 3. The average Bonchev–Trinajstić information content (AvgIpc) is 2.91. The molecule has 0 spiro atoms. The van der Waals surface area contributed by atoms with Crippen LogP contribution < -0.4 is 4.74 Å². The zero-order valence-electron chi connectivity index (χ0n) is 15.3. The summed E-state index contributed by atoms with van der Waals surface area (Å²) in [4.78, 5) is 12.1. The summed E-state index contributed by atoms with van der Waals surface area (Å²) in [6.07, 6.45) is 1.91. The van der Waals surface area contributed by atoms with E-state index >= 15 is 0 Å². The van der Waals surface area contributed by atoms with Crippen LogP contribution in [0.3, 0.4) is 0 Å². The highest BCUT2D eigenvalue weighted by atomic mass is 79.9. The lowest BCUT2D eigenvalue weighted by Crippen LogP contribution is -2.22. The molecule has 26 heavy (non-hydrogen) atoms. The largest absolute Gasteiger partial charge is 0.489 e. The van der Waals surface area contributed by atoms with Crippen molar-refractivity contribution in [2.75, 3.05) is 0 Å². The fraction of sp³-hybridized carbons (Fsp3) is 0.409. The number of carbonyl (C=O) groups is 1. The Kier molecular flexibility index (Phi) is 4.55. The van der Waals surface area contributed by atoms with Crippen LogP contribution in [0.15, 0.2) is 34.8 Å². The van der Waals surface area contributed by atoms with Crippen LogP contribution in [0.2, 0.25) is 0 Å². The first-order chi connectivity index (χ1) is 12.5. The van der Waals surface area contributed by atoms with Crippen LogP contribution in [0.4, 0.5) is 0 Å². The van der Waals surface area contributed by atoms with E-state index in [0.29, 0.717) is 6.61 Å². The molecule has 1 fully saturated rings. The number of fused-ring (bicyclic) bond motifs is 3. The molecule has 1 aliphatic heterocycles. The molecular formula is C22H23BrO3. The van der Waals surface area contributed by atoms with Crippen molar-refractivity contribution in [2.24, 2.45) is 11.8 Å². The van der Waals surface area contributed by atoms with E-state index in [0.717, 1.165) is 34.2 Å². The summed E-state index contributed by atoms with van der Waals surface area (Å²) in [7, 11) is 0. The van der Waals surface area contributed by atoms with Gasteiger partial charge in [0.25, 0.3) is 0 Å². The van der Waals surface area contributed by atoms with Gasteiger partial charge in [0.15, 0.2) is 0 Å². The van der Waals surface area contributed by atoms with Gasteiger partial charge in [-0.15, -0.1) is 0 Å². The third-order valence-corrected chi connectivity index (χ3v) is 6.36. The molecular weight excluding hydrogens is 392 g/mol. The Balaban J connectivity index is 1.67. The standard InChI is InChI=1S/C22H23BrO3/c1-12-9-19(25-11-15-5-4-6-16(23)10-15)14(3)20-17(12)7-8-18-13(2)22(24)26-21(18)20/h4-6,9-10,13,18,21H,7-8,11H2,1-3H3/t13?,18-,21?/m0/s1. The topological polar surface area (TPSA) is 35.5 Å². The predicted octanol–water partition coefficient (Wildman–Crippen LogP) is 5.44. The molecule has 0 bridgehead atoms. The Morgan fingerprint density at radius 3 is 2.85 bits per heavy atom. The minimum absolute atomic E-state index is 0.0147. The minimum Gasteiger partial charge on any atom is -0.489 e. The second kappa shape index (κ2) is 6.73. The highest BCUT2D eigenvalue weighted by Crippen LogP contribution is 2.49. The van der Waals surface area contributed by atoms with Crippen molar-refractivity contribution >= 4 is 21.9 Å². The van der Waals surface area contributed by atoms with Crippen LogP contribution in [-0.4, -0.2) is 5.97 Å². The molecule has 0 amide bonds. The molecule has 3 atom stereocenters. The fourth-order valence-corrected chi connectivity index (χ4v) is 4.81. The Bertz CT molecular complexity index is 874. The van der Waals surface area contributed by atoms with Crippen molar-refractivity contribution in [3.05, 3.63) is 62.6 Å². The maximum atomic E-state index is 12.1. The zero-order chi connectivity index (χ0) is 18.4. The van der Waals surface area contributed by atoms with Gasteiger partial charge in [0, 0.05) is 16.0 Å². The van der Waals surface area contributed by atoms with E-state index in [4.69, 9.17) is 9.47 Å². The third-order valence-electron chi connectivity index (χ3n) is 5.86. The monoisotopic (exact) mass is 414 g/mol. The van der Waals surface area contributed by atoms with Gasteiger partial charge in [-0.05, 0) is 67.1 Å². The molecule has 3 nitrogen and oxygen atoms in total. The first-order valence-electron chi connectivity index (χ1n) is 9.16. The number of benzene rings is 2. The van der Waals surface area contributed by atoms with E-state index in [-0.39, 0.29) is 23.9 Å². The number of hydrogen-bond donors (Lipinski definition) is 0. The molecule has 0 N–H and O–H groups in total. The van der Waals surface area contributed by atoms with Gasteiger partial charge in [-0.1, -0.05) is 35.0 Å². The van der Waals surface area contributed by atoms with Crippen LogP contribution in [-0.2, 0) is 22.6 Å². The Morgan fingerprint density at radius 1 is 1.27 bits per heavy atom. The molecule has 136 valence electrons. The maximum Gasteiger partial charge on any atom is 0.309 e. The smallest absolute Gasteiger partial charge is 0.309 e. The van der Waals surface area contributed by atoms with Gasteiger partial charge < -0.3 is 9.47 Å². The summed E-state index contributed by atoms with van der Waals surface area (Å²) >= 11 is 3.50. The zero-order valence-corrected chi connectivity index (χ0v) is 16.9. The van der Waals surface area contributed by atoms with Crippen LogP contribution in [0, 0.1) is 25.7 Å². The maximum absolute atomic E-state index is 12.1. The van der Waals surface area contributed by atoms with Crippen molar-refractivity contribution in [1.29, 1.82) is 0 Å². The summed E-state index contributed by atoms with van der Waals surface area (Å²) in [6.45, 7) is 6.73. The first kappa shape index (κ1) is 17.6. The molecule has 1 saturated heterocycles. The van der Waals surface area contributed by atoms with E-state index in [1.807, 2.05) is 19.1 Å². The summed E-state index contributed by atoms with van der Waals surface area (Å²) in [6, 6.07) is 10.3. The number of halogens is 1. The van der Waals surface area contributed by atoms with E-state index in [2.05, 4.69) is 48.0 Å². The molecule has 2 aromatic carbocycles. The third kappa shape index (κ3) is 2.94. The van der Waals surface area contributed by atoms with Crippen molar-refractivity contribution in [3.63, 3.8) is 0 Å². The molecule has 2 aliphatic rings. The molecule has 2 aromatic rings. The number of carbonyl (C=O) groups excluding carboxylic acids is 1. The molecule has 2 unspecified atom stereocenters. The first-order valence-corrected chi connectivity index (χ1v) is 9.95. The quantitative estimate of drug-likeness (QED) is 0.627. The normalized spacial score (nSPS) is 24.0. The SMILES string of the molecule is Cc1cc(OCc2cccc(Br)c2)c(C)c2c1CC[C@H]1C(C)C(=O)OC21. The lowest BCUT2D eigenvalue weighted by atomic mass is 9.74. The van der Waals surface area contributed by atoms with E-state index < -0.39 is 0 Å². The molecule has 1 aliphatic carbocycles. The minimum atomic E-state index is -0.116. The average molecular weight is 415 g/mol. The van der Waals surface area contributed by atoms with Gasteiger partial charge in [0.05, 0.1) is 5.92 Å². The molecule has 0 aromatic heterocycles. The highest BCUT2D eigenvalue weighted by Gasteiger charge is 2.46. The van der Waals surface area contributed by atoms with Gasteiger partial charge in [0.2, 0.25) is 0 Å². The van der Waals surface area contributed by atoms with Gasteiger partial charge in [-0.2, -0.15) is 0 Å². The lowest BCUT2D eigenvalue weighted by molar-refractivity contribution is -0.144. The molecule has 4 heteroatoms. The molecule has 0 saturated carbocycles. The van der Waals surface area contributed by atoms with Crippen LogP contribution in [0.1, 0.15) is 47.3 Å². The highest BCUT2D eigenvalue weighted by molar-refractivity contribution is 9.10. The van der Waals surface area contributed by atoms with Crippen LogP contribution >= 0.6 is 15.9 Å². The summed E-state index contributed by atoms with van der Waals surface area (Å²) < 4.78 is 13.0. The van der Waals surface area contributed by atoms with Crippen molar-refractivity contribution in [2.45, 2.75) is 46.3 Å². The number of esters is 1. The van der Waals surface area contributed by atoms with Gasteiger partial charge in [-0.3, -0.25) is 4.79 Å². The summed E-state index contributed by atoms with van der Waals surface area (Å²) in [5, 5.41) is 0. The van der Waals surface area contributed by atoms with Crippen molar-refractivity contribution in [3.8, 4) is 5.75 Å². The summed E-state index contributed by atoms with van der Waals surface area (Å²) in [5.41, 5.74) is 5.97. The molecule has 1 heterocycles. The van der Waals surface area contributed by atoms with Crippen molar-refractivity contribution < 1.29 is 14.3 Å². The predicted molar refractivity (Wildman–Crippen MR) is 104 cm³/mol. The van der Waals surface area contributed by atoms with Crippen LogP contribution in [0.25, 0.3) is 0 Å². The lowest BCUT2D eigenvalue weighted by Gasteiger charge is -2.31. The van der Waals surface area contributed by atoms with Crippen molar-refractivity contribution in [1.82, 2.24) is 0 Å². The van der Waals surface area contributed by atoms with E-state index in [1.54, 1.807) is 0 Å². The number of aryl methyl sites for hydroxylation is 1. The van der Waals surface area contributed by atoms with Gasteiger partial charge in [-0.25, -0.2) is 0 Å². The number of rotatable bonds is 3. The molecule has 0 radical (unpaired) electrons. The summed E-state index contributed by atoms with van der Waals surface area (Å²) in [5.74, 6) is 1.09. The van der Waals surface area contributed by atoms with E-state index in [9.17, 15) is 4.79 Å². The van der Waals surface area contributed by atoms with Crippen LogP contribution in [0.5, 0.6) is 5.75 Å². The molecule has 4 rings (SSSR count). The van der Waals surface area contributed by atoms with Gasteiger partial charge >= 0.3 is 5.97 Å². The second-order valence-corrected chi connectivity index (χ2v) is 8.39. The fourth-order valence-electron chi connectivity index (χ4n) is 4.36. The Hall–Kier alpha value is -1.81. The van der Waals surface area contributed by atoms with Gasteiger partial charge in [0.1, 0.15) is 18.5 Å². The Morgan fingerprint density at radius 2 is 2.08 bits per heavy atom. The number of ether oxygens (including phenoxy) is 2. The van der Waals surface area contributed by atoms with E-state index in [1.165, 1.54) is 16.7 Å². The second-order valence-electron chi connectivity index (χ2n) is 7.48.